The predicted molar refractivity (Wildman–Crippen MR) is 135 cm³/mol. The second-order valence-electron chi connectivity index (χ2n) is 9.37. The van der Waals surface area contributed by atoms with Crippen molar-refractivity contribution in [1.82, 2.24) is 10.2 Å². The maximum Gasteiger partial charge on any atom is 0.123 e. The number of likely N-dealkylation sites (tertiary alicyclic amines) is 1. The molecule has 5 rings (SSSR count). The van der Waals surface area contributed by atoms with E-state index in [9.17, 15) is 8.78 Å². The van der Waals surface area contributed by atoms with Crippen LogP contribution < -0.4 is 15.1 Å². The molecule has 2 aliphatic rings. The minimum atomic E-state index is -0.254. The van der Waals surface area contributed by atoms with Gasteiger partial charge in [0.25, 0.3) is 0 Å². The van der Waals surface area contributed by atoms with Gasteiger partial charge in [0.05, 0.1) is 12.2 Å². The molecule has 2 saturated heterocycles. The van der Waals surface area contributed by atoms with Crippen LogP contribution in [0.15, 0.2) is 78.9 Å². The normalized spacial score (nSPS) is 17.9. The number of rotatable bonds is 7. The highest BCUT2D eigenvalue weighted by molar-refractivity contribution is 5.63. The van der Waals surface area contributed by atoms with Crippen molar-refractivity contribution in [3.8, 4) is 0 Å². The SMILES string of the molecule is Fc1ccc(N(CCCN2CCC3(CC2)CNCN3c2ccccc2)c2ccc(F)cc2)cc1. The highest BCUT2D eigenvalue weighted by Gasteiger charge is 2.43. The molecular formula is C28H32F2N4. The van der Waals surface area contributed by atoms with Crippen molar-refractivity contribution in [2.75, 3.05) is 49.2 Å². The van der Waals surface area contributed by atoms with Gasteiger partial charge >= 0.3 is 0 Å². The van der Waals surface area contributed by atoms with Crippen LogP contribution >= 0.6 is 0 Å². The molecule has 0 aliphatic carbocycles. The molecular weight excluding hydrogens is 430 g/mol. The molecule has 1 N–H and O–H groups in total. The van der Waals surface area contributed by atoms with Crippen molar-refractivity contribution in [2.45, 2.75) is 24.8 Å². The fourth-order valence-electron chi connectivity index (χ4n) is 5.38. The maximum atomic E-state index is 13.5. The second-order valence-corrected chi connectivity index (χ2v) is 9.37. The van der Waals surface area contributed by atoms with Crippen molar-refractivity contribution in [3.05, 3.63) is 90.5 Å². The van der Waals surface area contributed by atoms with Crippen LogP contribution in [0.25, 0.3) is 0 Å². The first-order valence-electron chi connectivity index (χ1n) is 12.2. The zero-order chi connectivity index (χ0) is 23.4. The third-order valence-electron chi connectivity index (χ3n) is 7.28. The number of benzene rings is 3. The molecule has 0 bridgehead atoms. The lowest BCUT2D eigenvalue weighted by Crippen LogP contribution is -2.54. The summed E-state index contributed by atoms with van der Waals surface area (Å²) >= 11 is 0. The average molecular weight is 463 g/mol. The Labute approximate surface area is 200 Å². The highest BCUT2D eigenvalue weighted by Crippen LogP contribution is 2.35. The first-order valence-corrected chi connectivity index (χ1v) is 12.2. The van der Waals surface area contributed by atoms with Crippen LogP contribution in [0.5, 0.6) is 0 Å². The Hall–Kier alpha value is -2.96. The highest BCUT2D eigenvalue weighted by atomic mass is 19.1. The molecule has 4 nitrogen and oxygen atoms in total. The monoisotopic (exact) mass is 462 g/mol. The van der Waals surface area contributed by atoms with Gasteiger partial charge in [0.15, 0.2) is 0 Å². The van der Waals surface area contributed by atoms with Crippen LogP contribution in [0, 0.1) is 11.6 Å². The molecule has 3 aromatic rings. The van der Waals surface area contributed by atoms with Crippen molar-refractivity contribution in [3.63, 3.8) is 0 Å². The van der Waals surface area contributed by atoms with Gasteiger partial charge in [-0.3, -0.25) is 5.32 Å². The number of anilines is 3. The van der Waals surface area contributed by atoms with E-state index in [2.05, 4.69) is 50.3 Å². The fraction of sp³-hybridized carbons (Fsp3) is 0.357. The Bertz CT molecular complexity index is 1000. The fourth-order valence-corrected chi connectivity index (χ4v) is 5.38. The topological polar surface area (TPSA) is 21.8 Å². The quantitative estimate of drug-likeness (QED) is 0.508. The number of hydrogen-bond acceptors (Lipinski definition) is 4. The molecule has 1 spiro atoms. The number of nitrogens with zero attached hydrogens (tertiary/aromatic N) is 3. The smallest absolute Gasteiger partial charge is 0.123 e. The summed E-state index contributed by atoms with van der Waals surface area (Å²) in [4.78, 5) is 7.25. The molecule has 2 heterocycles. The Morgan fingerprint density at radius 1 is 0.794 bits per heavy atom. The summed E-state index contributed by atoms with van der Waals surface area (Å²) in [6.07, 6.45) is 3.27. The molecule has 0 aromatic heterocycles. The molecule has 0 unspecified atom stereocenters. The van der Waals surface area contributed by atoms with Gasteiger partial charge in [-0.15, -0.1) is 0 Å². The third-order valence-corrected chi connectivity index (χ3v) is 7.28. The Kier molecular flexibility index (Phi) is 6.79. The van der Waals surface area contributed by atoms with E-state index < -0.39 is 0 Å². The Balaban J connectivity index is 1.19. The molecule has 0 radical (unpaired) electrons. The Morgan fingerprint density at radius 3 is 1.97 bits per heavy atom. The molecule has 2 fully saturated rings. The summed E-state index contributed by atoms with van der Waals surface area (Å²) in [6.45, 7) is 5.91. The van der Waals surface area contributed by atoms with Crippen LogP contribution in [0.1, 0.15) is 19.3 Å². The van der Waals surface area contributed by atoms with Gasteiger partial charge in [-0.05, 0) is 86.5 Å². The summed E-state index contributed by atoms with van der Waals surface area (Å²) in [5.74, 6) is -0.507. The van der Waals surface area contributed by atoms with E-state index in [1.165, 1.54) is 30.0 Å². The van der Waals surface area contributed by atoms with Crippen LogP contribution in [0.3, 0.4) is 0 Å². The lowest BCUT2D eigenvalue weighted by Gasteiger charge is -2.45. The summed E-state index contributed by atoms with van der Waals surface area (Å²) < 4.78 is 27.0. The third kappa shape index (κ3) is 4.93. The minimum Gasteiger partial charge on any atom is -0.352 e. The van der Waals surface area contributed by atoms with Gasteiger partial charge in [-0.1, -0.05) is 18.2 Å². The van der Waals surface area contributed by atoms with Crippen LogP contribution in [-0.4, -0.2) is 49.8 Å². The maximum absolute atomic E-state index is 13.5. The van der Waals surface area contributed by atoms with Gasteiger partial charge in [0.2, 0.25) is 0 Å². The zero-order valence-electron chi connectivity index (χ0n) is 19.5. The number of piperidine rings is 1. The molecule has 2 aliphatic heterocycles. The number of hydrogen-bond donors (Lipinski definition) is 1. The molecule has 178 valence electrons. The van der Waals surface area contributed by atoms with Crippen molar-refractivity contribution in [1.29, 1.82) is 0 Å². The summed E-state index contributed by atoms with van der Waals surface area (Å²) in [7, 11) is 0. The van der Waals surface area contributed by atoms with E-state index in [0.717, 1.165) is 70.0 Å². The summed E-state index contributed by atoms with van der Waals surface area (Å²) in [6, 6.07) is 23.8. The lowest BCUT2D eigenvalue weighted by molar-refractivity contribution is 0.168. The summed E-state index contributed by atoms with van der Waals surface area (Å²) in [5.41, 5.74) is 3.34. The number of nitrogens with one attached hydrogen (secondary N) is 1. The van der Waals surface area contributed by atoms with Crippen molar-refractivity contribution >= 4 is 17.1 Å². The van der Waals surface area contributed by atoms with E-state index >= 15 is 0 Å². The molecule has 0 amide bonds. The van der Waals surface area contributed by atoms with E-state index in [1.807, 2.05) is 0 Å². The summed E-state index contributed by atoms with van der Waals surface area (Å²) in [5, 5.41) is 3.60. The largest absolute Gasteiger partial charge is 0.352 e. The zero-order valence-corrected chi connectivity index (χ0v) is 19.5. The van der Waals surface area contributed by atoms with E-state index in [1.54, 1.807) is 24.3 Å². The van der Waals surface area contributed by atoms with E-state index in [0.29, 0.717) is 0 Å². The van der Waals surface area contributed by atoms with Gasteiger partial charge in [-0.2, -0.15) is 0 Å². The van der Waals surface area contributed by atoms with Crippen molar-refractivity contribution in [2.24, 2.45) is 0 Å². The average Bonchev–Trinajstić information content (AvgIpc) is 3.28. The van der Waals surface area contributed by atoms with Crippen molar-refractivity contribution < 1.29 is 8.78 Å². The minimum absolute atomic E-state index is 0.201. The van der Waals surface area contributed by atoms with Gasteiger partial charge in [0, 0.05) is 43.2 Å². The number of para-hydroxylation sites is 1. The Morgan fingerprint density at radius 2 is 1.38 bits per heavy atom. The van der Waals surface area contributed by atoms with E-state index in [-0.39, 0.29) is 17.2 Å². The van der Waals surface area contributed by atoms with E-state index in [4.69, 9.17) is 0 Å². The van der Waals surface area contributed by atoms with Crippen LogP contribution in [0.4, 0.5) is 25.8 Å². The molecule has 0 atom stereocenters. The molecule has 34 heavy (non-hydrogen) atoms. The van der Waals surface area contributed by atoms with Crippen LogP contribution in [0.2, 0.25) is 0 Å². The van der Waals surface area contributed by atoms with Gasteiger partial charge in [-0.25, -0.2) is 8.78 Å². The second kappa shape index (κ2) is 10.1. The standard InChI is InChI=1S/C28H32F2N4/c29-23-7-11-25(12-8-23)33(26-13-9-24(30)10-14-26)18-4-17-32-19-15-28(16-20-32)21-31-22-34(28)27-5-2-1-3-6-27/h1-3,5-14,31H,4,15-22H2. The molecule has 0 saturated carbocycles. The van der Waals surface area contributed by atoms with Crippen LogP contribution in [-0.2, 0) is 0 Å². The van der Waals surface area contributed by atoms with Gasteiger partial charge < -0.3 is 14.7 Å². The molecule has 3 aromatic carbocycles. The predicted octanol–water partition coefficient (Wildman–Crippen LogP) is 5.39. The first-order chi connectivity index (χ1) is 16.6. The van der Waals surface area contributed by atoms with Gasteiger partial charge in [0.1, 0.15) is 11.6 Å². The molecule has 6 heteroatoms. The first kappa shape index (κ1) is 22.8. The number of halogens is 2. The lowest BCUT2D eigenvalue weighted by atomic mass is 9.86.